The zero-order chi connectivity index (χ0) is 11.0. The van der Waals surface area contributed by atoms with Crippen LogP contribution in [-0.4, -0.2) is 9.38 Å². The lowest BCUT2D eigenvalue weighted by Crippen LogP contribution is -2.02. The van der Waals surface area contributed by atoms with Crippen LogP contribution in [0.4, 0.5) is 5.82 Å². The molecule has 0 radical (unpaired) electrons. The Morgan fingerprint density at radius 1 is 1.40 bits per heavy atom. The Morgan fingerprint density at radius 3 is 2.80 bits per heavy atom. The number of imidazole rings is 1. The van der Waals surface area contributed by atoms with E-state index in [4.69, 9.17) is 5.73 Å². The number of fused-ring (bicyclic) bond motifs is 1. The van der Waals surface area contributed by atoms with Crippen LogP contribution in [0.25, 0.3) is 5.52 Å². The van der Waals surface area contributed by atoms with E-state index in [0.717, 1.165) is 17.8 Å². The summed E-state index contributed by atoms with van der Waals surface area (Å²) in [6, 6.07) is 6.11. The topological polar surface area (TPSA) is 43.3 Å². The first kappa shape index (κ1) is 10.0. The van der Waals surface area contributed by atoms with E-state index in [2.05, 4.69) is 36.2 Å². The van der Waals surface area contributed by atoms with E-state index in [1.807, 2.05) is 12.1 Å². The number of pyridine rings is 1. The van der Waals surface area contributed by atoms with Gasteiger partial charge in [-0.05, 0) is 25.0 Å². The average molecular weight is 203 g/mol. The van der Waals surface area contributed by atoms with Crippen LogP contribution in [0.15, 0.2) is 18.2 Å². The highest BCUT2D eigenvalue weighted by atomic mass is 15.1. The largest absolute Gasteiger partial charge is 0.382 e. The summed E-state index contributed by atoms with van der Waals surface area (Å²) < 4.78 is 2.15. The van der Waals surface area contributed by atoms with Gasteiger partial charge in [0.25, 0.3) is 0 Å². The van der Waals surface area contributed by atoms with Gasteiger partial charge in [-0.2, -0.15) is 0 Å². The minimum absolute atomic E-state index is 0.592. The fourth-order valence-electron chi connectivity index (χ4n) is 1.91. The first-order valence-corrected chi connectivity index (χ1v) is 5.32. The summed E-state index contributed by atoms with van der Waals surface area (Å²) >= 11 is 0. The smallest absolute Gasteiger partial charge is 0.149 e. The predicted molar refractivity (Wildman–Crippen MR) is 62.9 cm³/mol. The Morgan fingerprint density at radius 2 is 2.13 bits per heavy atom. The molecule has 0 saturated heterocycles. The maximum Gasteiger partial charge on any atom is 0.149 e. The fourth-order valence-corrected chi connectivity index (χ4v) is 1.91. The van der Waals surface area contributed by atoms with E-state index in [0.29, 0.717) is 11.7 Å². The van der Waals surface area contributed by atoms with Gasteiger partial charge >= 0.3 is 0 Å². The minimum Gasteiger partial charge on any atom is -0.382 e. The molecule has 0 amide bonds. The Labute approximate surface area is 89.9 Å². The molecule has 0 aliphatic carbocycles. The Bertz CT molecular complexity index is 483. The molecule has 3 nitrogen and oxygen atoms in total. The van der Waals surface area contributed by atoms with Gasteiger partial charge in [0.1, 0.15) is 11.6 Å². The van der Waals surface area contributed by atoms with Gasteiger partial charge in [0.2, 0.25) is 0 Å². The van der Waals surface area contributed by atoms with E-state index in [1.165, 1.54) is 5.69 Å². The zero-order valence-electron chi connectivity index (χ0n) is 9.49. The van der Waals surface area contributed by atoms with E-state index < -0.39 is 0 Å². The molecule has 2 aromatic heterocycles. The van der Waals surface area contributed by atoms with Crippen LogP contribution in [0.3, 0.4) is 0 Å². The van der Waals surface area contributed by atoms with Crippen LogP contribution in [0.5, 0.6) is 0 Å². The van der Waals surface area contributed by atoms with Gasteiger partial charge in [0.05, 0.1) is 5.52 Å². The molecule has 0 fully saturated rings. The second-order valence-corrected chi connectivity index (χ2v) is 4.40. The number of nitrogens with two attached hydrogens (primary N) is 1. The molecular formula is C12H17N3. The van der Waals surface area contributed by atoms with Gasteiger partial charge in [-0.3, -0.25) is 4.40 Å². The normalized spacial score (nSPS) is 11.5. The summed E-state index contributed by atoms with van der Waals surface area (Å²) in [5, 5.41) is 0. The van der Waals surface area contributed by atoms with E-state index in [-0.39, 0.29) is 0 Å². The van der Waals surface area contributed by atoms with Gasteiger partial charge in [-0.25, -0.2) is 4.98 Å². The molecule has 0 bridgehead atoms. The van der Waals surface area contributed by atoms with Crippen molar-refractivity contribution in [3.8, 4) is 0 Å². The standard InChI is InChI=1S/C12H17N3/c1-8(2)7-11-14-12(13)10-6-4-5-9(3)15(10)11/h4-6,8H,7,13H2,1-3H3. The van der Waals surface area contributed by atoms with Crippen molar-refractivity contribution in [1.82, 2.24) is 9.38 Å². The molecule has 0 aliphatic rings. The number of aromatic nitrogens is 2. The van der Waals surface area contributed by atoms with Crippen LogP contribution in [0.2, 0.25) is 0 Å². The molecular weight excluding hydrogens is 186 g/mol. The number of anilines is 1. The van der Waals surface area contributed by atoms with Crippen molar-refractivity contribution >= 4 is 11.3 Å². The Kier molecular flexibility index (Phi) is 2.39. The molecule has 3 heteroatoms. The van der Waals surface area contributed by atoms with Crippen molar-refractivity contribution in [3.63, 3.8) is 0 Å². The van der Waals surface area contributed by atoms with Crippen LogP contribution in [-0.2, 0) is 6.42 Å². The van der Waals surface area contributed by atoms with Gasteiger partial charge < -0.3 is 5.73 Å². The molecule has 2 aromatic rings. The van der Waals surface area contributed by atoms with E-state index in [9.17, 15) is 0 Å². The molecule has 0 atom stereocenters. The number of nitrogen functional groups attached to an aromatic ring is 1. The quantitative estimate of drug-likeness (QED) is 0.814. The van der Waals surface area contributed by atoms with Crippen molar-refractivity contribution in [2.45, 2.75) is 27.2 Å². The lowest BCUT2D eigenvalue weighted by molar-refractivity contribution is 0.617. The van der Waals surface area contributed by atoms with Crippen LogP contribution < -0.4 is 5.73 Å². The Balaban J connectivity index is 2.65. The number of hydrogen-bond donors (Lipinski definition) is 1. The molecule has 2 heterocycles. The summed E-state index contributed by atoms with van der Waals surface area (Å²) in [5.41, 5.74) is 8.10. The van der Waals surface area contributed by atoms with E-state index in [1.54, 1.807) is 0 Å². The molecule has 80 valence electrons. The predicted octanol–water partition coefficient (Wildman–Crippen LogP) is 2.42. The third-order valence-corrected chi connectivity index (χ3v) is 2.55. The SMILES string of the molecule is Cc1cccc2c(N)nc(CC(C)C)n12. The molecule has 0 aliphatic heterocycles. The lowest BCUT2D eigenvalue weighted by Gasteiger charge is -2.06. The number of hydrogen-bond acceptors (Lipinski definition) is 2. The van der Waals surface area contributed by atoms with Gasteiger partial charge in [-0.1, -0.05) is 19.9 Å². The highest BCUT2D eigenvalue weighted by Gasteiger charge is 2.10. The van der Waals surface area contributed by atoms with Crippen molar-refractivity contribution < 1.29 is 0 Å². The third-order valence-electron chi connectivity index (χ3n) is 2.55. The van der Waals surface area contributed by atoms with Gasteiger partial charge in [0, 0.05) is 12.1 Å². The first-order valence-electron chi connectivity index (χ1n) is 5.32. The summed E-state index contributed by atoms with van der Waals surface area (Å²) in [7, 11) is 0. The molecule has 0 aromatic carbocycles. The lowest BCUT2D eigenvalue weighted by atomic mass is 10.1. The molecule has 2 N–H and O–H groups in total. The monoisotopic (exact) mass is 203 g/mol. The second-order valence-electron chi connectivity index (χ2n) is 4.40. The van der Waals surface area contributed by atoms with Gasteiger partial charge in [0.15, 0.2) is 0 Å². The minimum atomic E-state index is 0.592. The average Bonchev–Trinajstić information content (AvgIpc) is 2.44. The number of aryl methyl sites for hydroxylation is 1. The highest BCUT2D eigenvalue weighted by molar-refractivity contribution is 5.67. The molecule has 2 rings (SSSR count). The zero-order valence-corrected chi connectivity index (χ0v) is 9.49. The number of nitrogens with zero attached hydrogens (tertiary/aromatic N) is 2. The second kappa shape index (κ2) is 3.57. The number of rotatable bonds is 2. The fraction of sp³-hybridized carbons (Fsp3) is 0.417. The molecule has 0 spiro atoms. The van der Waals surface area contributed by atoms with E-state index >= 15 is 0 Å². The third kappa shape index (κ3) is 1.69. The first-order chi connectivity index (χ1) is 7.09. The van der Waals surface area contributed by atoms with Crippen molar-refractivity contribution in [2.75, 3.05) is 5.73 Å². The molecule has 15 heavy (non-hydrogen) atoms. The highest BCUT2D eigenvalue weighted by Crippen LogP contribution is 2.19. The van der Waals surface area contributed by atoms with Gasteiger partial charge in [-0.15, -0.1) is 0 Å². The summed E-state index contributed by atoms with van der Waals surface area (Å²) in [6.45, 7) is 6.46. The Hall–Kier alpha value is -1.51. The van der Waals surface area contributed by atoms with Crippen molar-refractivity contribution in [2.24, 2.45) is 5.92 Å². The maximum absolute atomic E-state index is 5.89. The van der Waals surface area contributed by atoms with Crippen LogP contribution in [0, 0.1) is 12.8 Å². The van der Waals surface area contributed by atoms with Crippen molar-refractivity contribution in [3.05, 3.63) is 29.7 Å². The molecule has 0 unspecified atom stereocenters. The summed E-state index contributed by atoms with van der Waals surface area (Å²) in [5.74, 6) is 2.29. The van der Waals surface area contributed by atoms with Crippen LogP contribution >= 0.6 is 0 Å². The summed E-state index contributed by atoms with van der Waals surface area (Å²) in [6.07, 6.45) is 0.962. The van der Waals surface area contributed by atoms with Crippen molar-refractivity contribution in [1.29, 1.82) is 0 Å². The maximum atomic E-state index is 5.89. The van der Waals surface area contributed by atoms with Crippen LogP contribution in [0.1, 0.15) is 25.4 Å². The molecule has 0 saturated carbocycles. The summed E-state index contributed by atoms with van der Waals surface area (Å²) in [4.78, 5) is 4.43.